The third-order valence-corrected chi connectivity index (χ3v) is 4.58. The Morgan fingerprint density at radius 3 is 2.55 bits per heavy atom. The molecule has 4 nitrogen and oxygen atoms in total. The lowest BCUT2D eigenvalue weighted by molar-refractivity contribution is 0.356. The van der Waals surface area contributed by atoms with Crippen molar-refractivity contribution in [2.75, 3.05) is 14.2 Å². The fourth-order valence-corrected chi connectivity index (χ4v) is 2.69. The third-order valence-electron chi connectivity index (χ3n) is 2.86. The molecule has 1 aromatic heterocycles. The molecule has 0 saturated heterocycles. The van der Waals surface area contributed by atoms with E-state index in [1.54, 1.807) is 14.2 Å². The maximum Gasteiger partial charge on any atom is 0.171 e. The predicted octanol–water partition coefficient (Wildman–Crippen LogP) is 3.98. The molecule has 0 N–H and O–H groups in total. The summed E-state index contributed by atoms with van der Waals surface area (Å²) in [7, 11) is 3.19. The van der Waals surface area contributed by atoms with Gasteiger partial charge in [0.05, 0.1) is 29.0 Å². The maximum atomic E-state index is 6.19. The highest BCUT2D eigenvalue weighted by atomic mass is 127. The molecule has 0 aliphatic heterocycles. The zero-order valence-electron chi connectivity index (χ0n) is 11.4. The van der Waals surface area contributed by atoms with Crippen LogP contribution in [0.1, 0.15) is 12.6 Å². The van der Waals surface area contributed by atoms with Crippen molar-refractivity contribution in [3.05, 3.63) is 32.6 Å². The Hall–Kier alpha value is -1.08. The third kappa shape index (κ3) is 2.83. The molecular formula is C14H14ClIN2O2. The van der Waals surface area contributed by atoms with Crippen LogP contribution in [0.5, 0.6) is 11.5 Å². The summed E-state index contributed by atoms with van der Waals surface area (Å²) in [5.74, 6) is 1.79. The quantitative estimate of drug-likeness (QED) is 0.571. The van der Waals surface area contributed by atoms with E-state index < -0.39 is 0 Å². The number of aryl methyl sites for hydroxylation is 1. The van der Waals surface area contributed by atoms with Gasteiger partial charge in [0.2, 0.25) is 0 Å². The molecule has 0 saturated carbocycles. The zero-order valence-corrected chi connectivity index (χ0v) is 14.3. The van der Waals surface area contributed by atoms with E-state index in [-0.39, 0.29) is 0 Å². The second-order valence-electron chi connectivity index (χ2n) is 3.99. The Labute approximate surface area is 136 Å². The van der Waals surface area contributed by atoms with Gasteiger partial charge in [0, 0.05) is 0 Å². The first-order chi connectivity index (χ1) is 9.62. The van der Waals surface area contributed by atoms with E-state index in [4.69, 9.17) is 21.1 Å². The number of ether oxygens (including phenoxy) is 2. The van der Waals surface area contributed by atoms with E-state index in [1.165, 1.54) is 0 Å². The highest BCUT2D eigenvalue weighted by Crippen LogP contribution is 2.37. The van der Waals surface area contributed by atoms with Crippen molar-refractivity contribution in [2.45, 2.75) is 13.3 Å². The molecule has 2 aromatic rings. The van der Waals surface area contributed by atoms with Gasteiger partial charge in [-0.3, -0.25) is 0 Å². The Morgan fingerprint density at radius 1 is 1.20 bits per heavy atom. The van der Waals surface area contributed by atoms with Crippen LogP contribution in [0.2, 0.25) is 5.15 Å². The first kappa shape index (κ1) is 15.3. The smallest absolute Gasteiger partial charge is 0.171 e. The van der Waals surface area contributed by atoms with Crippen LogP contribution >= 0.6 is 34.2 Å². The second kappa shape index (κ2) is 6.58. The van der Waals surface area contributed by atoms with Gasteiger partial charge in [-0.05, 0) is 41.1 Å². The van der Waals surface area contributed by atoms with Gasteiger partial charge < -0.3 is 9.47 Å². The van der Waals surface area contributed by atoms with Crippen molar-refractivity contribution in [3.63, 3.8) is 0 Å². The van der Waals surface area contributed by atoms with E-state index >= 15 is 0 Å². The Morgan fingerprint density at radius 2 is 1.95 bits per heavy atom. The topological polar surface area (TPSA) is 44.2 Å². The van der Waals surface area contributed by atoms with Crippen LogP contribution in [0.25, 0.3) is 11.4 Å². The minimum Gasteiger partial charge on any atom is -0.493 e. The number of aromatic nitrogens is 2. The van der Waals surface area contributed by atoms with Gasteiger partial charge in [0.1, 0.15) is 5.15 Å². The van der Waals surface area contributed by atoms with Gasteiger partial charge >= 0.3 is 0 Å². The van der Waals surface area contributed by atoms with Crippen molar-refractivity contribution in [3.8, 4) is 22.9 Å². The maximum absolute atomic E-state index is 6.19. The monoisotopic (exact) mass is 404 g/mol. The fraction of sp³-hybridized carbons (Fsp3) is 0.286. The average molecular weight is 405 g/mol. The van der Waals surface area contributed by atoms with E-state index in [1.807, 2.05) is 25.1 Å². The summed E-state index contributed by atoms with van der Waals surface area (Å²) < 4.78 is 11.6. The number of methoxy groups -OCH3 is 2. The van der Waals surface area contributed by atoms with Crippen LogP contribution in [0.15, 0.2) is 18.2 Å². The number of nitrogens with zero attached hydrogens (tertiary/aromatic N) is 2. The fourth-order valence-electron chi connectivity index (χ4n) is 1.88. The Balaban J connectivity index is 2.65. The first-order valence-corrected chi connectivity index (χ1v) is 7.51. The number of benzene rings is 1. The highest BCUT2D eigenvalue weighted by Gasteiger charge is 2.16. The van der Waals surface area contributed by atoms with E-state index in [0.717, 1.165) is 21.2 Å². The lowest BCUT2D eigenvalue weighted by atomic mass is 10.1. The summed E-state index contributed by atoms with van der Waals surface area (Å²) in [6, 6.07) is 5.59. The Kier molecular flexibility index (Phi) is 5.04. The average Bonchev–Trinajstić information content (AvgIpc) is 2.48. The summed E-state index contributed by atoms with van der Waals surface area (Å²) >= 11 is 8.35. The number of rotatable bonds is 4. The predicted molar refractivity (Wildman–Crippen MR) is 87.7 cm³/mol. The molecule has 0 fully saturated rings. The van der Waals surface area contributed by atoms with Gasteiger partial charge in [0.15, 0.2) is 17.3 Å². The largest absolute Gasteiger partial charge is 0.493 e. The molecule has 1 aromatic carbocycles. The highest BCUT2D eigenvalue weighted by molar-refractivity contribution is 14.1. The summed E-state index contributed by atoms with van der Waals surface area (Å²) in [4.78, 5) is 8.91. The normalized spacial score (nSPS) is 10.4. The number of hydrogen-bond acceptors (Lipinski definition) is 4. The van der Waals surface area contributed by atoms with Crippen molar-refractivity contribution < 1.29 is 9.47 Å². The molecule has 0 atom stereocenters. The lowest BCUT2D eigenvalue weighted by Gasteiger charge is -2.13. The molecule has 0 bridgehead atoms. The first-order valence-electron chi connectivity index (χ1n) is 6.05. The van der Waals surface area contributed by atoms with Crippen LogP contribution in [0.3, 0.4) is 0 Å². The molecule has 2 rings (SSSR count). The van der Waals surface area contributed by atoms with E-state index in [9.17, 15) is 0 Å². The van der Waals surface area contributed by atoms with Crippen molar-refractivity contribution in [2.24, 2.45) is 0 Å². The van der Waals surface area contributed by atoms with Crippen LogP contribution in [-0.2, 0) is 6.42 Å². The summed E-state index contributed by atoms with van der Waals surface area (Å²) in [6.07, 6.45) is 0.791. The van der Waals surface area contributed by atoms with E-state index in [0.29, 0.717) is 22.5 Å². The molecule has 0 aliphatic carbocycles. The van der Waals surface area contributed by atoms with Gasteiger partial charge in [-0.25, -0.2) is 9.97 Å². The number of halogens is 2. The Bertz CT molecular complexity index is 635. The van der Waals surface area contributed by atoms with Gasteiger partial charge in [0.25, 0.3) is 0 Å². The molecule has 0 aliphatic rings. The van der Waals surface area contributed by atoms with Gasteiger partial charge in [-0.1, -0.05) is 24.6 Å². The summed E-state index contributed by atoms with van der Waals surface area (Å²) in [5, 5.41) is 0.456. The summed E-state index contributed by atoms with van der Waals surface area (Å²) in [5.41, 5.74) is 1.69. The van der Waals surface area contributed by atoms with Crippen LogP contribution in [-0.4, -0.2) is 24.2 Å². The molecule has 20 heavy (non-hydrogen) atoms. The van der Waals surface area contributed by atoms with Crippen molar-refractivity contribution in [1.82, 2.24) is 9.97 Å². The minimum atomic E-state index is 0.456. The molecule has 1 heterocycles. The van der Waals surface area contributed by atoms with Gasteiger partial charge in [-0.15, -0.1) is 0 Å². The number of para-hydroxylation sites is 1. The van der Waals surface area contributed by atoms with Crippen LogP contribution in [0, 0.1) is 3.57 Å². The number of hydrogen-bond donors (Lipinski definition) is 0. The molecule has 6 heteroatoms. The second-order valence-corrected chi connectivity index (χ2v) is 5.43. The standard InChI is InChI=1S/C14H14ClIN2O2/c1-4-9-11(16)13(15)18-14(17-9)8-6-5-7-10(19-2)12(8)20-3/h5-7H,4H2,1-3H3. The molecular weight excluding hydrogens is 391 g/mol. The van der Waals surface area contributed by atoms with Gasteiger partial charge in [-0.2, -0.15) is 0 Å². The van der Waals surface area contributed by atoms with Crippen LogP contribution in [0.4, 0.5) is 0 Å². The van der Waals surface area contributed by atoms with Crippen molar-refractivity contribution in [1.29, 1.82) is 0 Å². The summed E-state index contributed by atoms with van der Waals surface area (Å²) in [6.45, 7) is 2.04. The van der Waals surface area contributed by atoms with Crippen LogP contribution < -0.4 is 9.47 Å². The molecule has 0 spiro atoms. The lowest BCUT2D eigenvalue weighted by Crippen LogP contribution is -2.01. The zero-order chi connectivity index (χ0) is 14.7. The minimum absolute atomic E-state index is 0.456. The SMILES string of the molecule is CCc1nc(-c2cccc(OC)c2OC)nc(Cl)c1I. The van der Waals surface area contributed by atoms with E-state index in [2.05, 4.69) is 32.6 Å². The molecule has 106 valence electrons. The van der Waals surface area contributed by atoms with Crippen molar-refractivity contribution >= 4 is 34.2 Å². The molecule has 0 unspecified atom stereocenters. The molecule has 0 amide bonds. The molecule has 0 radical (unpaired) electrons.